The lowest BCUT2D eigenvalue weighted by Crippen LogP contribution is -2.36. The van der Waals surface area contributed by atoms with E-state index in [9.17, 15) is 9.59 Å². The number of carbonyl (C=O) groups is 2. The number of halogens is 1. The zero-order valence-electron chi connectivity index (χ0n) is 17.7. The van der Waals surface area contributed by atoms with Crippen LogP contribution < -0.4 is 10.1 Å². The Labute approximate surface area is 186 Å². The Bertz CT molecular complexity index is 1080. The van der Waals surface area contributed by atoms with Crippen LogP contribution in [0.5, 0.6) is 5.75 Å². The highest BCUT2D eigenvalue weighted by molar-refractivity contribution is 6.30. The van der Waals surface area contributed by atoms with E-state index in [-0.39, 0.29) is 11.7 Å². The van der Waals surface area contributed by atoms with Crippen LogP contribution in [0.15, 0.2) is 71.1 Å². The molecule has 2 atom stereocenters. The van der Waals surface area contributed by atoms with E-state index >= 15 is 0 Å². The van der Waals surface area contributed by atoms with Crippen LogP contribution in [0.2, 0.25) is 5.02 Å². The summed E-state index contributed by atoms with van der Waals surface area (Å²) in [7, 11) is 2.96. The molecule has 4 rings (SSSR count). The second-order valence-corrected chi connectivity index (χ2v) is 8.27. The maximum Gasteiger partial charge on any atom is 0.336 e. The summed E-state index contributed by atoms with van der Waals surface area (Å²) in [5.74, 6) is -0.119. The third kappa shape index (κ3) is 3.98. The molecule has 0 spiro atoms. The number of benzene rings is 2. The van der Waals surface area contributed by atoms with Gasteiger partial charge in [0.1, 0.15) is 5.75 Å². The molecule has 0 radical (unpaired) electrons. The van der Waals surface area contributed by atoms with Crippen molar-refractivity contribution in [2.75, 3.05) is 14.2 Å². The molecule has 160 valence electrons. The topological polar surface area (TPSA) is 64.6 Å². The van der Waals surface area contributed by atoms with E-state index in [1.165, 1.54) is 7.11 Å². The van der Waals surface area contributed by atoms with Crippen molar-refractivity contribution in [3.63, 3.8) is 0 Å². The first-order valence-electron chi connectivity index (χ1n) is 10.1. The van der Waals surface area contributed by atoms with Crippen molar-refractivity contribution in [3.8, 4) is 5.75 Å². The van der Waals surface area contributed by atoms with Crippen molar-refractivity contribution in [2.45, 2.75) is 31.6 Å². The summed E-state index contributed by atoms with van der Waals surface area (Å²) in [6, 6.07) is 15.1. The number of hydrogen-bond donors (Lipinski definition) is 1. The largest absolute Gasteiger partial charge is 0.497 e. The fourth-order valence-corrected chi connectivity index (χ4v) is 4.65. The number of esters is 1. The molecule has 0 amide bonds. The van der Waals surface area contributed by atoms with Crippen molar-refractivity contribution in [1.82, 2.24) is 5.32 Å². The Balaban J connectivity index is 1.78. The van der Waals surface area contributed by atoms with Gasteiger partial charge < -0.3 is 14.8 Å². The van der Waals surface area contributed by atoms with Gasteiger partial charge >= 0.3 is 5.97 Å². The van der Waals surface area contributed by atoms with Gasteiger partial charge in [0.25, 0.3) is 0 Å². The molecule has 0 saturated heterocycles. The first-order valence-corrected chi connectivity index (χ1v) is 10.5. The summed E-state index contributed by atoms with van der Waals surface area (Å²) >= 11 is 6.03. The molecule has 1 aliphatic carbocycles. The zero-order valence-corrected chi connectivity index (χ0v) is 18.5. The van der Waals surface area contributed by atoms with Crippen molar-refractivity contribution >= 4 is 23.4 Å². The van der Waals surface area contributed by atoms with Crippen molar-refractivity contribution in [3.05, 3.63) is 87.2 Å². The molecule has 0 fully saturated rings. The predicted molar refractivity (Wildman–Crippen MR) is 119 cm³/mol. The molecule has 0 bridgehead atoms. The van der Waals surface area contributed by atoms with Gasteiger partial charge in [0.2, 0.25) is 0 Å². The molecule has 0 saturated carbocycles. The first-order chi connectivity index (χ1) is 14.9. The summed E-state index contributed by atoms with van der Waals surface area (Å²) in [6.45, 7) is 1.85. The summed E-state index contributed by atoms with van der Waals surface area (Å²) < 4.78 is 10.3. The second-order valence-electron chi connectivity index (χ2n) is 7.83. The van der Waals surface area contributed by atoms with Gasteiger partial charge in [-0.1, -0.05) is 35.9 Å². The Hall–Kier alpha value is -3.05. The average Bonchev–Trinajstić information content (AvgIpc) is 2.78. The number of dihydropyridines is 1. The number of ether oxygens (including phenoxy) is 2. The summed E-state index contributed by atoms with van der Waals surface area (Å²) in [5.41, 5.74) is 4.60. The van der Waals surface area contributed by atoms with Crippen LogP contribution in [0.25, 0.3) is 0 Å². The summed E-state index contributed by atoms with van der Waals surface area (Å²) in [4.78, 5) is 26.1. The summed E-state index contributed by atoms with van der Waals surface area (Å²) in [5, 5.41) is 4.00. The van der Waals surface area contributed by atoms with Crippen LogP contribution in [-0.2, 0) is 14.3 Å². The molecule has 2 aromatic carbocycles. The Kier molecular flexibility index (Phi) is 5.88. The monoisotopic (exact) mass is 437 g/mol. The van der Waals surface area contributed by atoms with Gasteiger partial charge in [-0.2, -0.15) is 0 Å². The van der Waals surface area contributed by atoms with E-state index in [2.05, 4.69) is 5.32 Å². The molecule has 2 aromatic rings. The number of rotatable bonds is 4. The zero-order chi connectivity index (χ0) is 22.1. The molecule has 31 heavy (non-hydrogen) atoms. The van der Waals surface area contributed by atoms with Gasteiger partial charge in [0.15, 0.2) is 5.78 Å². The maximum absolute atomic E-state index is 13.4. The van der Waals surface area contributed by atoms with Crippen LogP contribution in [-0.4, -0.2) is 26.0 Å². The predicted octanol–water partition coefficient (Wildman–Crippen LogP) is 4.88. The van der Waals surface area contributed by atoms with Gasteiger partial charge in [-0.3, -0.25) is 4.79 Å². The lowest BCUT2D eigenvalue weighted by molar-refractivity contribution is -0.136. The van der Waals surface area contributed by atoms with E-state index < -0.39 is 11.9 Å². The van der Waals surface area contributed by atoms with Crippen LogP contribution in [0.3, 0.4) is 0 Å². The quantitative estimate of drug-likeness (QED) is 0.690. The molecule has 0 unspecified atom stereocenters. The molecular weight excluding hydrogens is 414 g/mol. The number of Topliss-reactive ketones (excluding diaryl/α,β-unsaturated/α-hetero) is 1. The van der Waals surface area contributed by atoms with E-state index in [1.807, 2.05) is 55.5 Å². The molecular formula is C25H24ClNO4. The maximum atomic E-state index is 13.4. The number of nitrogens with one attached hydrogen (secondary N) is 1. The SMILES string of the molecule is COC(=O)C1=C(C)NC2=C(C(=O)C[C@H](c3ccc(Cl)cc3)C2)[C@H]1c1ccc(OC)cc1. The average molecular weight is 438 g/mol. The number of carbonyl (C=O) groups excluding carboxylic acids is 2. The van der Waals surface area contributed by atoms with E-state index in [0.717, 1.165) is 16.8 Å². The standard InChI is InChI=1S/C25H24ClNO4/c1-14-22(25(29)31-3)23(16-6-10-19(30-2)11-7-16)24-20(27-14)12-17(13-21(24)28)15-4-8-18(26)9-5-15/h4-11,17,23,27H,12-13H2,1-3H3/t17-,23+/m1/s1. The molecule has 1 N–H and O–H groups in total. The number of methoxy groups -OCH3 is 2. The molecule has 1 aliphatic heterocycles. The van der Waals surface area contributed by atoms with Crippen molar-refractivity contribution in [1.29, 1.82) is 0 Å². The van der Waals surface area contributed by atoms with Crippen LogP contribution >= 0.6 is 11.6 Å². The fraction of sp³-hybridized carbons (Fsp3) is 0.280. The highest BCUT2D eigenvalue weighted by Gasteiger charge is 2.41. The third-order valence-electron chi connectivity index (χ3n) is 6.02. The lowest BCUT2D eigenvalue weighted by atomic mass is 9.72. The fourth-order valence-electron chi connectivity index (χ4n) is 4.52. The van der Waals surface area contributed by atoms with Gasteiger partial charge in [-0.15, -0.1) is 0 Å². The van der Waals surface area contributed by atoms with E-state index in [4.69, 9.17) is 21.1 Å². The van der Waals surface area contributed by atoms with Gasteiger partial charge in [-0.05, 0) is 54.7 Å². The number of allylic oxidation sites excluding steroid dienone is 3. The molecule has 6 heteroatoms. The Morgan fingerprint density at radius 1 is 1.00 bits per heavy atom. The van der Waals surface area contributed by atoms with Crippen LogP contribution in [0.1, 0.15) is 42.7 Å². The Morgan fingerprint density at radius 2 is 1.65 bits per heavy atom. The number of hydrogen-bond acceptors (Lipinski definition) is 5. The normalized spacial score (nSPS) is 20.8. The minimum Gasteiger partial charge on any atom is -0.497 e. The Morgan fingerprint density at radius 3 is 2.26 bits per heavy atom. The van der Waals surface area contributed by atoms with Crippen LogP contribution in [0, 0.1) is 0 Å². The van der Waals surface area contributed by atoms with E-state index in [0.29, 0.717) is 40.5 Å². The molecule has 1 heterocycles. The molecule has 0 aromatic heterocycles. The minimum atomic E-state index is -0.478. The van der Waals surface area contributed by atoms with Crippen molar-refractivity contribution < 1.29 is 19.1 Å². The van der Waals surface area contributed by atoms with Gasteiger partial charge in [0.05, 0.1) is 19.8 Å². The van der Waals surface area contributed by atoms with Crippen LogP contribution in [0.4, 0.5) is 0 Å². The second kappa shape index (κ2) is 8.60. The van der Waals surface area contributed by atoms with Gasteiger partial charge in [-0.25, -0.2) is 4.79 Å². The highest BCUT2D eigenvalue weighted by Crippen LogP contribution is 2.45. The molecule has 2 aliphatic rings. The minimum absolute atomic E-state index is 0.0309. The molecule has 5 nitrogen and oxygen atoms in total. The highest BCUT2D eigenvalue weighted by atomic mass is 35.5. The third-order valence-corrected chi connectivity index (χ3v) is 6.28. The summed E-state index contributed by atoms with van der Waals surface area (Å²) in [6.07, 6.45) is 1.06. The number of ketones is 1. The smallest absolute Gasteiger partial charge is 0.336 e. The van der Waals surface area contributed by atoms with E-state index in [1.54, 1.807) is 7.11 Å². The lowest BCUT2D eigenvalue weighted by Gasteiger charge is -2.36. The van der Waals surface area contributed by atoms with Crippen molar-refractivity contribution in [2.24, 2.45) is 0 Å². The van der Waals surface area contributed by atoms with Gasteiger partial charge in [0, 0.05) is 34.3 Å². The first kappa shape index (κ1) is 21.2.